The number of rotatable bonds is 9. The highest BCUT2D eigenvalue weighted by atomic mass is 79.9. The number of carbonyl (C=O) groups is 2. The lowest BCUT2D eigenvalue weighted by molar-refractivity contribution is 0.0733. The van der Waals surface area contributed by atoms with E-state index in [-0.39, 0.29) is 17.0 Å². The number of halogens is 3. The monoisotopic (exact) mass is 739 g/mol. The summed E-state index contributed by atoms with van der Waals surface area (Å²) in [4.78, 5) is 29.8. The van der Waals surface area contributed by atoms with Crippen LogP contribution in [0.15, 0.2) is 86.8 Å². The molecular formula is C32H24Br2ClN3O6. The number of hydrogen-bond acceptors (Lipinski definition) is 7. The van der Waals surface area contributed by atoms with Crippen molar-refractivity contribution >= 4 is 72.5 Å². The maximum atomic E-state index is 13.5. The van der Waals surface area contributed by atoms with Gasteiger partial charge in [0.2, 0.25) is 5.75 Å². The lowest BCUT2D eigenvalue weighted by atomic mass is 10.0. The molecule has 0 spiro atoms. The largest absolute Gasteiger partial charge is 0.493 e. The van der Waals surface area contributed by atoms with Gasteiger partial charge in [0.15, 0.2) is 11.5 Å². The van der Waals surface area contributed by atoms with Gasteiger partial charge in [0.1, 0.15) is 11.4 Å². The highest BCUT2D eigenvalue weighted by molar-refractivity contribution is 9.11. The van der Waals surface area contributed by atoms with Crippen LogP contribution < -0.4 is 24.4 Å². The highest BCUT2D eigenvalue weighted by Crippen LogP contribution is 2.40. The molecule has 0 radical (unpaired) electrons. The van der Waals surface area contributed by atoms with Crippen LogP contribution in [0.1, 0.15) is 26.4 Å². The summed E-state index contributed by atoms with van der Waals surface area (Å²) in [6.07, 6.45) is 1.38. The number of aromatic nitrogens is 1. The van der Waals surface area contributed by atoms with Gasteiger partial charge in [-0.3, -0.25) is 4.79 Å². The van der Waals surface area contributed by atoms with Crippen molar-refractivity contribution in [2.24, 2.45) is 5.10 Å². The number of aromatic amines is 1. The Hall–Kier alpha value is -4.32. The van der Waals surface area contributed by atoms with Gasteiger partial charge in [-0.2, -0.15) is 5.10 Å². The van der Waals surface area contributed by atoms with Crippen molar-refractivity contribution in [3.05, 3.63) is 104 Å². The molecule has 4 aromatic carbocycles. The molecule has 0 bridgehead atoms. The van der Waals surface area contributed by atoms with Gasteiger partial charge in [0.05, 0.1) is 38.6 Å². The molecule has 2 N–H and O–H groups in total. The van der Waals surface area contributed by atoms with Crippen LogP contribution in [0.3, 0.4) is 0 Å². The van der Waals surface area contributed by atoms with Gasteiger partial charge in [-0.1, -0.05) is 57.9 Å². The smallest absolute Gasteiger partial charge is 0.343 e. The number of carbonyl (C=O) groups excluding carboxylic acids is 2. The Morgan fingerprint density at radius 1 is 0.886 bits per heavy atom. The predicted octanol–water partition coefficient (Wildman–Crippen LogP) is 8.02. The third-order valence-electron chi connectivity index (χ3n) is 6.60. The van der Waals surface area contributed by atoms with Gasteiger partial charge in [-0.15, -0.1) is 0 Å². The number of hydrazone groups is 1. The minimum Gasteiger partial charge on any atom is -0.493 e. The van der Waals surface area contributed by atoms with Crippen LogP contribution in [0.4, 0.5) is 0 Å². The molecule has 0 aliphatic rings. The summed E-state index contributed by atoms with van der Waals surface area (Å²) in [5.41, 5.74) is 5.52. The first kappa shape index (κ1) is 31.1. The molecular weight excluding hydrogens is 718 g/mol. The number of fused-ring (bicyclic) bond motifs is 1. The third-order valence-corrected chi connectivity index (χ3v) is 8.08. The molecule has 1 heterocycles. The van der Waals surface area contributed by atoms with Crippen molar-refractivity contribution in [3.63, 3.8) is 0 Å². The van der Waals surface area contributed by atoms with E-state index in [1.54, 1.807) is 24.3 Å². The molecule has 5 aromatic rings. The van der Waals surface area contributed by atoms with E-state index >= 15 is 0 Å². The van der Waals surface area contributed by atoms with E-state index in [0.29, 0.717) is 43.4 Å². The van der Waals surface area contributed by atoms with Crippen LogP contribution in [0.25, 0.3) is 22.0 Å². The van der Waals surface area contributed by atoms with E-state index in [1.807, 2.05) is 36.4 Å². The number of methoxy groups -OCH3 is 3. The molecule has 1 amide bonds. The fourth-order valence-corrected chi connectivity index (χ4v) is 5.66. The Morgan fingerprint density at radius 3 is 2.30 bits per heavy atom. The van der Waals surface area contributed by atoms with Crippen molar-refractivity contribution in [2.45, 2.75) is 0 Å². The van der Waals surface area contributed by atoms with Crippen LogP contribution in [-0.2, 0) is 0 Å². The summed E-state index contributed by atoms with van der Waals surface area (Å²) in [5.74, 6) is -0.00269. The topological polar surface area (TPSA) is 111 Å². The average Bonchev–Trinajstić information content (AvgIpc) is 3.42. The van der Waals surface area contributed by atoms with Gasteiger partial charge < -0.3 is 23.9 Å². The summed E-state index contributed by atoms with van der Waals surface area (Å²) in [6, 6.07) is 21.0. The molecule has 0 atom stereocenters. The second-order valence-electron chi connectivity index (χ2n) is 9.20. The zero-order valence-corrected chi connectivity index (χ0v) is 27.5. The lowest BCUT2D eigenvalue weighted by Crippen LogP contribution is -2.19. The summed E-state index contributed by atoms with van der Waals surface area (Å²) in [7, 11) is 4.38. The van der Waals surface area contributed by atoms with Crippen LogP contribution in [0.2, 0.25) is 5.02 Å². The summed E-state index contributed by atoms with van der Waals surface area (Å²) in [5, 5.41) is 5.48. The predicted molar refractivity (Wildman–Crippen MR) is 177 cm³/mol. The van der Waals surface area contributed by atoms with Crippen molar-refractivity contribution in [2.75, 3.05) is 21.3 Å². The first-order valence-electron chi connectivity index (χ1n) is 13.0. The first-order valence-corrected chi connectivity index (χ1v) is 14.9. The number of nitrogens with zero attached hydrogens (tertiary/aromatic N) is 1. The van der Waals surface area contributed by atoms with Crippen LogP contribution in [0.5, 0.6) is 23.0 Å². The van der Waals surface area contributed by atoms with E-state index in [4.69, 9.17) is 30.5 Å². The second-order valence-corrected chi connectivity index (χ2v) is 11.4. The van der Waals surface area contributed by atoms with Crippen molar-refractivity contribution in [1.82, 2.24) is 10.4 Å². The molecule has 0 aliphatic carbocycles. The Kier molecular flexibility index (Phi) is 9.58. The fourth-order valence-electron chi connectivity index (χ4n) is 4.58. The number of para-hydroxylation sites is 1. The van der Waals surface area contributed by atoms with Gasteiger partial charge >= 0.3 is 5.97 Å². The summed E-state index contributed by atoms with van der Waals surface area (Å²) >= 11 is 13.5. The second kappa shape index (κ2) is 13.5. The van der Waals surface area contributed by atoms with E-state index in [1.165, 1.54) is 39.7 Å². The third kappa shape index (κ3) is 6.30. The van der Waals surface area contributed by atoms with Crippen LogP contribution in [0, 0.1) is 0 Å². The molecule has 9 nitrogen and oxygen atoms in total. The molecule has 5 rings (SSSR count). The zero-order valence-electron chi connectivity index (χ0n) is 23.5. The van der Waals surface area contributed by atoms with Gasteiger partial charge in [-0.25, -0.2) is 10.2 Å². The van der Waals surface area contributed by atoms with Crippen molar-refractivity contribution in [3.8, 4) is 34.1 Å². The van der Waals surface area contributed by atoms with Gasteiger partial charge in [0.25, 0.3) is 5.91 Å². The molecule has 0 saturated carbocycles. The Bertz CT molecular complexity index is 1900. The van der Waals surface area contributed by atoms with Crippen molar-refractivity contribution in [1.29, 1.82) is 0 Å². The van der Waals surface area contributed by atoms with E-state index in [0.717, 1.165) is 15.4 Å². The van der Waals surface area contributed by atoms with Gasteiger partial charge in [0, 0.05) is 36.0 Å². The number of esters is 1. The van der Waals surface area contributed by atoms with Crippen LogP contribution in [-0.4, -0.2) is 44.4 Å². The molecule has 224 valence electrons. The van der Waals surface area contributed by atoms with E-state index in [2.05, 4.69) is 47.4 Å². The normalized spacial score (nSPS) is 11.0. The minimum atomic E-state index is -0.668. The molecule has 0 fully saturated rings. The molecule has 12 heteroatoms. The maximum absolute atomic E-state index is 13.5. The number of H-pyrrole nitrogens is 1. The number of benzene rings is 4. The number of amides is 1. The van der Waals surface area contributed by atoms with Crippen LogP contribution >= 0.6 is 43.5 Å². The number of hydrogen-bond donors (Lipinski definition) is 2. The quantitative estimate of drug-likeness (QED) is 0.0686. The lowest BCUT2D eigenvalue weighted by Gasteiger charge is -2.14. The molecule has 1 aromatic heterocycles. The van der Waals surface area contributed by atoms with Gasteiger partial charge in [-0.05, 0) is 58.4 Å². The molecule has 0 unspecified atom stereocenters. The molecule has 44 heavy (non-hydrogen) atoms. The Morgan fingerprint density at radius 2 is 1.61 bits per heavy atom. The SMILES string of the molecule is COc1cc(C(=O)Oc2ccc(Br)cc2C=NNC(=O)c2[nH]c3c(Br)cccc3c2-c2ccccc2Cl)cc(OC)c1OC. The first-order chi connectivity index (χ1) is 21.2. The number of nitrogens with one attached hydrogen (secondary N) is 2. The Labute approximate surface area is 274 Å². The fraction of sp³-hybridized carbons (Fsp3) is 0.0938. The maximum Gasteiger partial charge on any atom is 0.343 e. The minimum absolute atomic E-state index is 0.177. The summed E-state index contributed by atoms with van der Waals surface area (Å²) < 4.78 is 23.2. The average molecular weight is 742 g/mol. The van der Waals surface area contributed by atoms with E-state index in [9.17, 15) is 9.59 Å². The molecule has 0 saturated heterocycles. The Balaban J connectivity index is 1.43. The zero-order chi connectivity index (χ0) is 31.4. The number of ether oxygens (including phenoxy) is 4. The molecule has 0 aliphatic heterocycles. The standard InChI is InChI=1S/C32H24Br2ClN3O6/c1-41-25-14-17(15-26(42-2)30(25)43-3)32(40)44-24-12-11-19(33)13-18(24)16-36-38-31(39)29-27(20-7-4-5-10-23(20)35)21-8-6-9-22(34)28(21)37-29/h4-16,37H,1-3H3,(H,38,39). The highest BCUT2D eigenvalue weighted by Gasteiger charge is 2.22. The van der Waals surface area contributed by atoms with Crippen molar-refractivity contribution < 1.29 is 28.5 Å². The van der Waals surface area contributed by atoms with E-state index < -0.39 is 11.9 Å². The summed E-state index contributed by atoms with van der Waals surface area (Å²) in [6.45, 7) is 0.